The van der Waals surface area contributed by atoms with Gasteiger partial charge in [0, 0.05) is 17.3 Å². The number of ether oxygens (including phenoxy) is 1. The molecule has 2 rings (SSSR count). The van der Waals surface area contributed by atoms with Crippen LogP contribution >= 0.6 is 23.8 Å². The third-order valence-corrected chi connectivity index (χ3v) is 4.36. The standard InChI is InChI=1S/C19H24ClN3OS/c1-4-24-15-11-9-14(10-12-15)22-19(25)21-13-18(23(2)3)16-7-5-6-8-17(16)20/h5-12,18H,4,13H2,1-3H3,(H2,21,22,25)/t18-/m1/s1. The van der Waals surface area contributed by atoms with Crippen LogP contribution in [0, 0.1) is 0 Å². The van der Waals surface area contributed by atoms with E-state index in [0.29, 0.717) is 18.3 Å². The molecule has 0 aromatic heterocycles. The summed E-state index contributed by atoms with van der Waals surface area (Å²) >= 11 is 11.7. The van der Waals surface area contributed by atoms with Crippen LogP contribution in [0.2, 0.25) is 5.02 Å². The van der Waals surface area contributed by atoms with Crippen LogP contribution in [0.5, 0.6) is 5.75 Å². The van der Waals surface area contributed by atoms with E-state index in [1.54, 1.807) is 0 Å². The molecule has 0 saturated heterocycles. The minimum Gasteiger partial charge on any atom is -0.494 e. The number of thiocarbonyl (C=S) groups is 1. The van der Waals surface area contributed by atoms with Crippen molar-refractivity contribution in [1.29, 1.82) is 0 Å². The van der Waals surface area contributed by atoms with Crippen molar-refractivity contribution in [2.45, 2.75) is 13.0 Å². The van der Waals surface area contributed by atoms with E-state index in [2.05, 4.69) is 15.5 Å². The van der Waals surface area contributed by atoms with Crippen LogP contribution in [0.1, 0.15) is 18.5 Å². The first-order chi connectivity index (χ1) is 12.0. The molecule has 0 amide bonds. The highest BCUT2D eigenvalue weighted by atomic mass is 35.5. The lowest BCUT2D eigenvalue weighted by Gasteiger charge is -2.26. The summed E-state index contributed by atoms with van der Waals surface area (Å²) in [6.07, 6.45) is 0. The molecule has 4 nitrogen and oxygen atoms in total. The third kappa shape index (κ3) is 5.88. The van der Waals surface area contributed by atoms with Crippen molar-refractivity contribution in [3.63, 3.8) is 0 Å². The van der Waals surface area contributed by atoms with Crippen molar-refractivity contribution < 1.29 is 4.74 Å². The first-order valence-electron chi connectivity index (χ1n) is 8.19. The van der Waals surface area contributed by atoms with Gasteiger partial charge in [-0.2, -0.15) is 0 Å². The van der Waals surface area contributed by atoms with Crippen LogP contribution in [-0.4, -0.2) is 37.3 Å². The van der Waals surface area contributed by atoms with Gasteiger partial charge in [0.25, 0.3) is 0 Å². The molecule has 0 spiro atoms. The maximum absolute atomic E-state index is 6.33. The summed E-state index contributed by atoms with van der Waals surface area (Å²) in [5.74, 6) is 0.846. The highest BCUT2D eigenvalue weighted by Gasteiger charge is 2.17. The van der Waals surface area contributed by atoms with E-state index in [4.69, 9.17) is 28.6 Å². The van der Waals surface area contributed by atoms with E-state index in [-0.39, 0.29) is 6.04 Å². The third-order valence-electron chi connectivity index (χ3n) is 3.77. The molecule has 0 aliphatic rings. The first-order valence-corrected chi connectivity index (χ1v) is 8.98. The first kappa shape index (κ1) is 19.5. The molecule has 0 fully saturated rings. The average molecular weight is 378 g/mol. The topological polar surface area (TPSA) is 36.5 Å². The van der Waals surface area contributed by atoms with Crippen LogP contribution < -0.4 is 15.4 Å². The smallest absolute Gasteiger partial charge is 0.170 e. The Morgan fingerprint density at radius 1 is 1.16 bits per heavy atom. The molecule has 0 heterocycles. The molecule has 0 bridgehead atoms. The lowest BCUT2D eigenvalue weighted by molar-refractivity contribution is 0.299. The normalized spacial score (nSPS) is 11.9. The van der Waals surface area contributed by atoms with Gasteiger partial charge in [0.1, 0.15) is 5.75 Å². The zero-order valence-corrected chi connectivity index (χ0v) is 16.3. The molecular formula is C19H24ClN3OS. The molecule has 0 aliphatic carbocycles. The van der Waals surface area contributed by atoms with Crippen molar-refractivity contribution in [1.82, 2.24) is 10.2 Å². The van der Waals surface area contributed by atoms with Gasteiger partial charge >= 0.3 is 0 Å². The maximum atomic E-state index is 6.33. The van der Waals surface area contributed by atoms with Crippen LogP contribution in [0.4, 0.5) is 5.69 Å². The van der Waals surface area contributed by atoms with Crippen LogP contribution in [0.3, 0.4) is 0 Å². The highest BCUT2D eigenvalue weighted by Crippen LogP contribution is 2.25. The minimum absolute atomic E-state index is 0.119. The molecular weight excluding hydrogens is 354 g/mol. The second-order valence-corrected chi connectivity index (χ2v) is 6.61. The van der Waals surface area contributed by atoms with Gasteiger partial charge in [-0.25, -0.2) is 0 Å². The van der Waals surface area contributed by atoms with Gasteiger partial charge in [0.05, 0.1) is 12.6 Å². The van der Waals surface area contributed by atoms with E-state index in [0.717, 1.165) is 22.0 Å². The Morgan fingerprint density at radius 3 is 2.44 bits per heavy atom. The summed E-state index contributed by atoms with van der Waals surface area (Å²) in [5, 5.41) is 7.78. The number of benzene rings is 2. The van der Waals surface area contributed by atoms with E-state index in [1.807, 2.05) is 69.6 Å². The van der Waals surface area contributed by atoms with Gasteiger partial charge in [-0.15, -0.1) is 0 Å². The number of hydrogen-bond donors (Lipinski definition) is 2. The fourth-order valence-electron chi connectivity index (χ4n) is 2.48. The molecule has 2 N–H and O–H groups in total. The molecule has 6 heteroatoms. The Labute approximate surface area is 160 Å². The van der Waals surface area contributed by atoms with Crippen LogP contribution in [0.15, 0.2) is 48.5 Å². The summed E-state index contributed by atoms with van der Waals surface area (Å²) in [6, 6.07) is 15.7. The SMILES string of the molecule is CCOc1ccc(NC(=S)NC[C@H](c2ccccc2Cl)N(C)C)cc1. The number of nitrogens with zero attached hydrogens (tertiary/aromatic N) is 1. The van der Waals surface area contributed by atoms with Crippen molar-refractivity contribution in [2.24, 2.45) is 0 Å². The fourth-order valence-corrected chi connectivity index (χ4v) is 2.94. The van der Waals surface area contributed by atoms with Crippen molar-refractivity contribution >= 4 is 34.6 Å². The summed E-state index contributed by atoms with van der Waals surface area (Å²) in [6.45, 7) is 3.27. The van der Waals surface area contributed by atoms with Gasteiger partial charge in [-0.1, -0.05) is 29.8 Å². The van der Waals surface area contributed by atoms with E-state index in [9.17, 15) is 0 Å². The largest absolute Gasteiger partial charge is 0.494 e. The van der Waals surface area contributed by atoms with E-state index in [1.165, 1.54) is 0 Å². The number of hydrogen-bond acceptors (Lipinski definition) is 3. The highest BCUT2D eigenvalue weighted by molar-refractivity contribution is 7.80. The quantitative estimate of drug-likeness (QED) is 0.702. The molecule has 134 valence electrons. The van der Waals surface area contributed by atoms with Crippen molar-refractivity contribution in [3.05, 3.63) is 59.1 Å². The Kier molecular flexibility index (Phi) is 7.50. The molecule has 2 aromatic rings. The Balaban J connectivity index is 1.94. The summed E-state index contributed by atoms with van der Waals surface area (Å²) < 4.78 is 5.44. The van der Waals surface area contributed by atoms with Crippen molar-refractivity contribution in [2.75, 3.05) is 32.6 Å². The molecule has 2 aromatic carbocycles. The van der Waals surface area contributed by atoms with E-state index >= 15 is 0 Å². The Bertz CT molecular complexity index is 691. The lowest BCUT2D eigenvalue weighted by Crippen LogP contribution is -2.36. The van der Waals surface area contributed by atoms with Crippen LogP contribution in [-0.2, 0) is 0 Å². The average Bonchev–Trinajstić information content (AvgIpc) is 2.58. The number of rotatable bonds is 7. The van der Waals surface area contributed by atoms with E-state index < -0.39 is 0 Å². The summed E-state index contributed by atoms with van der Waals surface area (Å²) in [5.41, 5.74) is 1.99. The predicted octanol–water partition coefficient (Wildman–Crippen LogP) is 4.33. The number of likely N-dealkylation sites (N-methyl/N-ethyl adjacent to an activating group) is 1. The van der Waals surface area contributed by atoms with Gasteiger partial charge < -0.3 is 20.3 Å². The molecule has 0 aliphatic heterocycles. The molecule has 25 heavy (non-hydrogen) atoms. The van der Waals surface area contributed by atoms with Gasteiger partial charge in [0.2, 0.25) is 0 Å². The molecule has 0 saturated carbocycles. The predicted molar refractivity (Wildman–Crippen MR) is 110 cm³/mol. The fraction of sp³-hybridized carbons (Fsp3) is 0.316. The van der Waals surface area contributed by atoms with Gasteiger partial charge in [0.15, 0.2) is 5.11 Å². The summed E-state index contributed by atoms with van der Waals surface area (Å²) in [4.78, 5) is 2.12. The molecule has 0 radical (unpaired) electrons. The molecule has 1 atom stereocenters. The lowest BCUT2D eigenvalue weighted by atomic mass is 10.1. The van der Waals surface area contributed by atoms with Crippen molar-refractivity contribution in [3.8, 4) is 5.75 Å². The molecule has 0 unspecified atom stereocenters. The maximum Gasteiger partial charge on any atom is 0.170 e. The minimum atomic E-state index is 0.119. The van der Waals surface area contributed by atoms with Gasteiger partial charge in [-0.05, 0) is 69.1 Å². The number of anilines is 1. The monoisotopic (exact) mass is 377 g/mol. The Hall–Kier alpha value is -1.82. The number of nitrogens with one attached hydrogen (secondary N) is 2. The zero-order chi connectivity index (χ0) is 18.2. The van der Waals surface area contributed by atoms with Gasteiger partial charge in [-0.3, -0.25) is 0 Å². The zero-order valence-electron chi connectivity index (χ0n) is 14.8. The summed E-state index contributed by atoms with van der Waals surface area (Å²) in [7, 11) is 4.05. The second kappa shape index (κ2) is 9.61. The van der Waals surface area contributed by atoms with Crippen LogP contribution in [0.25, 0.3) is 0 Å². The Morgan fingerprint density at radius 2 is 1.84 bits per heavy atom. The number of halogens is 1. The second-order valence-electron chi connectivity index (χ2n) is 5.79.